The highest BCUT2D eigenvalue weighted by atomic mass is 19.3. The van der Waals surface area contributed by atoms with E-state index in [1.165, 1.54) is 12.0 Å². The highest BCUT2D eigenvalue weighted by Gasteiger charge is 2.13. The Balaban J connectivity index is 2.91. The standard InChI is InChI=1S/C15H19F2NO3/c1-21-14-5-4-12(9-13(14)3-2-7-19)10-18(6-8-20)11-15(16)17/h4-5,9,15,19-20H,6-8,10-11H2,1H3. The lowest BCUT2D eigenvalue weighted by atomic mass is 10.1. The lowest BCUT2D eigenvalue weighted by Gasteiger charge is -2.21. The molecular weight excluding hydrogens is 280 g/mol. The molecule has 0 spiro atoms. The van der Waals surface area contributed by atoms with E-state index in [0.29, 0.717) is 11.3 Å². The zero-order valence-electron chi connectivity index (χ0n) is 11.9. The van der Waals surface area contributed by atoms with Crippen molar-refractivity contribution in [2.45, 2.75) is 13.0 Å². The molecule has 0 unspecified atom stereocenters. The smallest absolute Gasteiger partial charge is 0.251 e. The maximum absolute atomic E-state index is 12.5. The minimum atomic E-state index is -2.46. The number of halogens is 2. The Morgan fingerprint density at radius 3 is 2.67 bits per heavy atom. The number of alkyl halides is 2. The van der Waals surface area contributed by atoms with Crippen molar-refractivity contribution in [2.24, 2.45) is 0 Å². The highest BCUT2D eigenvalue weighted by molar-refractivity contribution is 5.48. The molecule has 0 amide bonds. The lowest BCUT2D eigenvalue weighted by molar-refractivity contribution is 0.0746. The Bertz CT molecular complexity index is 497. The summed E-state index contributed by atoms with van der Waals surface area (Å²) in [6.45, 7) is -0.392. The van der Waals surface area contributed by atoms with E-state index in [-0.39, 0.29) is 26.3 Å². The molecule has 0 bridgehead atoms. The fraction of sp³-hybridized carbons (Fsp3) is 0.467. The topological polar surface area (TPSA) is 52.9 Å². The van der Waals surface area contributed by atoms with Gasteiger partial charge in [0.05, 0.1) is 25.8 Å². The van der Waals surface area contributed by atoms with Crippen molar-refractivity contribution in [3.05, 3.63) is 29.3 Å². The Kier molecular flexibility index (Phi) is 7.69. The maximum atomic E-state index is 12.5. The molecule has 0 aliphatic carbocycles. The number of aliphatic hydroxyl groups excluding tert-OH is 2. The van der Waals surface area contributed by atoms with Gasteiger partial charge in [0, 0.05) is 13.1 Å². The van der Waals surface area contributed by atoms with E-state index in [4.69, 9.17) is 14.9 Å². The molecule has 21 heavy (non-hydrogen) atoms. The number of rotatable bonds is 7. The average Bonchev–Trinajstić information content (AvgIpc) is 2.45. The summed E-state index contributed by atoms with van der Waals surface area (Å²) in [6.07, 6.45) is -2.46. The molecule has 2 N–H and O–H groups in total. The summed E-state index contributed by atoms with van der Waals surface area (Å²) in [6, 6.07) is 5.20. The van der Waals surface area contributed by atoms with Crippen LogP contribution in [-0.2, 0) is 6.54 Å². The minimum absolute atomic E-state index is 0.175. The van der Waals surface area contributed by atoms with Crippen molar-refractivity contribution in [1.29, 1.82) is 0 Å². The summed E-state index contributed by atoms with van der Waals surface area (Å²) in [5.74, 6) is 5.85. The summed E-state index contributed by atoms with van der Waals surface area (Å²) in [4.78, 5) is 1.47. The first-order chi connectivity index (χ1) is 10.1. The summed E-state index contributed by atoms with van der Waals surface area (Å²) in [7, 11) is 1.51. The molecule has 0 saturated heterocycles. The molecule has 0 heterocycles. The number of hydrogen-bond acceptors (Lipinski definition) is 4. The van der Waals surface area contributed by atoms with Crippen molar-refractivity contribution in [2.75, 3.05) is 33.4 Å². The SMILES string of the molecule is COc1ccc(CN(CCO)CC(F)F)cc1C#CCO. The van der Waals surface area contributed by atoms with Gasteiger partial charge in [0.15, 0.2) is 0 Å². The van der Waals surface area contributed by atoms with Crippen molar-refractivity contribution in [1.82, 2.24) is 4.90 Å². The number of methoxy groups -OCH3 is 1. The Hall–Kier alpha value is -1.68. The van der Waals surface area contributed by atoms with Crippen LogP contribution in [0.5, 0.6) is 5.75 Å². The van der Waals surface area contributed by atoms with Crippen LogP contribution >= 0.6 is 0 Å². The van der Waals surface area contributed by atoms with Crippen LogP contribution in [0.3, 0.4) is 0 Å². The van der Waals surface area contributed by atoms with E-state index in [1.54, 1.807) is 18.2 Å². The molecule has 0 radical (unpaired) electrons. The van der Waals surface area contributed by atoms with E-state index in [0.717, 1.165) is 5.56 Å². The third-order valence-electron chi connectivity index (χ3n) is 2.78. The number of benzene rings is 1. The van der Waals surface area contributed by atoms with Crippen molar-refractivity contribution >= 4 is 0 Å². The zero-order chi connectivity index (χ0) is 15.7. The van der Waals surface area contributed by atoms with Crippen LogP contribution in [0.15, 0.2) is 18.2 Å². The van der Waals surface area contributed by atoms with Crippen molar-refractivity contribution in [3.8, 4) is 17.6 Å². The molecule has 0 atom stereocenters. The van der Waals surface area contributed by atoms with Crippen LogP contribution < -0.4 is 4.74 Å². The van der Waals surface area contributed by atoms with Gasteiger partial charge in [0.25, 0.3) is 6.43 Å². The maximum Gasteiger partial charge on any atom is 0.251 e. The van der Waals surface area contributed by atoms with Crippen LogP contribution in [0, 0.1) is 11.8 Å². The quantitative estimate of drug-likeness (QED) is 0.740. The average molecular weight is 299 g/mol. The van der Waals surface area contributed by atoms with Crippen molar-refractivity contribution < 1.29 is 23.7 Å². The van der Waals surface area contributed by atoms with Crippen LogP contribution in [-0.4, -0.2) is 55.0 Å². The number of ether oxygens (including phenoxy) is 1. The summed E-state index contributed by atoms with van der Waals surface area (Å²) in [5, 5.41) is 17.7. The van der Waals surface area contributed by atoms with Gasteiger partial charge < -0.3 is 14.9 Å². The van der Waals surface area contributed by atoms with E-state index in [1.807, 2.05) is 0 Å². The fourth-order valence-corrected chi connectivity index (χ4v) is 1.92. The van der Waals surface area contributed by atoms with Crippen LogP contribution in [0.4, 0.5) is 8.78 Å². The normalized spacial score (nSPS) is 10.6. The lowest BCUT2D eigenvalue weighted by Crippen LogP contribution is -2.31. The second-order valence-corrected chi connectivity index (χ2v) is 4.34. The van der Waals surface area contributed by atoms with Gasteiger partial charge in [-0.25, -0.2) is 8.78 Å². The molecule has 4 nitrogen and oxygen atoms in total. The van der Waals surface area contributed by atoms with Crippen LogP contribution in [0.25, 0.3) is 0 Å². The molecule has 0 aliphatic rings. The molecule has 0 fully saturated rings. The van der Waals surface area contributed by atoms with Gasteiger partial charge in [0.1, 0.15) is 12.4 Å². The predicted molar refractivity (Wildman–Crippen MR) is 75.3 cm³/mol. The summed E-state index contributed by atoms with van der Waals surface area (Å²) < 4.78 is 30.1. The summed E-state index contributed by atoms with van der Waals surface area (Å²) >= 11 is 0. The molecular formula is C15H19F2NO3. The fourth-order valence-electron chi connectivity index (χ4n) is 1.92. The van der Waals surface area contributed by atoms with Gasteiger partial charge in [-0.05, 0) is 17.7 Å². The molecule has 1 aromatic rings. The highest BCUT2D eigenvalue weighted by Crippen LogP contribution is 2.20. The van der Waals surface area contributed by atoms with Gasteiger partial charge >= 0.3 is 0 Å². The third-order valence-corrected chi connectivity index (χ3v) is 2.78. The van der Waals surface area contributed by atoms with Gasteiger partial charge in [0.2, 0.25) is 0 Å². The second kappa shape index (κ2) is 9.29. The molecule has 1 aromatic carbocycles. The summed E-state index contributed by atoms with van der Waals surface area (Å²) in [5.41, 5.74) is 1.37. The second-order valence-electron chi connectivity index (χ2n) is 4.34. The van der Waals surface area contributed by atoms with Gasteiger partial charge in [-0.3, -0.25) is 4.90 Å². The first-order valence-corrected chi connectivity index (χ1v) is 6.48. The minimum Gasteiger partial charge on any atom is -0.495 e. The largest absolute Gasteiger partial charge is 0.495 e. The first kappa shape index (κ1) is 17.4. The Labute approximate surface area is 123 Å². The van der Waals surface area contributed by atoms with E-state index in [9.17, 15) is 8.78 Å². The molecule has 1 rings (SSSR count). The molecule has 0 aliphatic heterocycles. The van der Waals surface area contributed by atoms with Crippen LogP contribution in [0.1, 0.15) is 11.1 Å². The Morgan fingerprint density at radius 1 is 1.33 bits per heavy atom. The van der Waals surface area contributed by atoms with E-state index < -0.39 is 13.0 Å². The number of aliphatic hydroxyl groups is 2. The van der Waals surface area contributed by atoms with E-state index >= 15 is 0 Å². The van der Waals surface area contributed by atoms with E-state index in [2.05, 4.69) is 11.8 Å². The number of nitrogens with zero attached hydrogens (tertiary/aromatic N) is 1. The predicted octanol–water partition coefficient (Wildman–Crippen LogP) is 1.10. The molecule has 0 aromatic heterocycles. The zero-order valence-corrected chi connectivity index (χ0v) is 11.9. The number of hydrogen-bond donors (Lipinski definition) is 2. The van der Waals surface area contributed by atoms with Gasteiger partial charge in [-0.2, -0.15) is 0 Å². The molecule has 0 saturated carbocycles. The van der Waals surface area contributed by atoms with Gasteiger partial charge in [-0.15, -0.1) is 0 Å². The monoisotopic (exact) mass is 299 g/mol. The molecule has 6 heteroatoms. The third kappa shape index (κ3) is 6.08. The van der Waals surface area contributed by atoms with Crippen molar-refractivity contribution in [3.63, 3.8) is 0 Å². The Morgan fingerprint density at radius 2 is 2.10 bits per heavy atom. The first-order valence-electron chi connectivity index (χ1n) is 6.48. The van der Waals surface area contributed by atoms with Crippen LogP contribution in [0.2, 0.25) is 0 Å². The molecule has 116 valence electrons. The van der Waals surface area contributed by atoms with Gasteiger partial charge in [-0.1, -0.05) is 17.9 Å².